The highest BCUT2D eigenvalue weighted by atomic mass is 19.1. The van der Waals surface area contributed by atoms with E-state index in [1.54, 1.807) is 4.90 Å². The molecule has 0 aliphatic carbocycles. The number of aromatic nitrogens is 2. The van der Waals surface area contributed by atoms with Gasteiger partial charge in [-0.05, 0) is 31.3 Å². The molecule has 1 aromatic heterocycles. The van der Waals surface area contributed by atoms with Crippen LogP contribution in [0.1, 0.15) is 10.4 Å². The zero-order valence-electron chi connectivity index (χ0n) is 16.5. The number of nitro groups is 1. The predicted molar refractivity (Wildman–Crippen MR) is 109 cm³/mol. The molecule has 160 valence electrons. The van der Waals surface area contributed by atoms with Crippen LogP contribution in [-0.4, -0.2) is 64.1 Å². The number of amides is 1. The van der Waals surface area contributed by atoms with Gasteiger partial charge in [-0.25, -0.2) is 9.49 Å². The number of aromatic amines is 1. The van der Waals surface area contributed by atoms with Gasteiger partial charge in [-0.1, -0.05) is 6.07 Å². The lowest BCUT2D eigenvalue weighted by molar-refractivity contribution is -0.383. The van der Waals surface area contributed by atoms with Crippen molar-refractivity contribution in [3.63, 3.8) is 0 Å². The maximum atomic E-state index is 14.4. The smallest absolute Gasteiger partial charge is 0.282 e. The number of benzene rings is 2. The summed E-state index contributed by atoms with van der Waals surface area (Å²) in [6.07, 6.45) is 0. The number of nitro benzene ring substituents is 1. The van der Waals surface area contributed by atoms with Gasteiger partial charge in [0, 0.05) is 32.2 Å². The Balaban J connectivity index is 1.71. The van der Waals surface area contributed by atoms with Gasteiger partial charge < -0.3 is 14.5 Å². The number of likely N-dealkylation sites (N-methyl/N-ethyl adjacent to an activating group) is 1. The summed E-state index contributed by atoms with van der Waals surface area (Å²) in [5.41, 5.74) is -1.15. The van der Waals surface area contributed by atoms with Gasteiger partial charge in [0.2, 0.25) is 0 Å². The fraction of sp³-hybridized carbons (Fsp3) is 0.250. The summed E-state index contributed by atoms with van der Waals surface area (Å²) in [5.74, 6) is -1.35. The molecular weight excluding hydrogens is 409 g/mol. The lowest BCUT2D eigenvalue weighted by atomic mass is 10.1. The minimum Gasteiger partial charge on any atom is -0.437 e. The first kappa shape index (κ1) is 20.4. The number of non-ortho nitro benzene ring substituents is 1. The van der Waals surface area contributed by atoms with Crippen molar-refractivity contribution in [2.45, 2.75) is 0 Å². The fourth-order valence-electron chi connectivity index (χ4n) is 3.42. The molecule has 1 saturated heterocycles. The summed E-state index contributed by atoms with van der Waals surface area (Å²) in [4.78, 5) is 39.2. The summed E-state index contributed by atoms with van der Waals surface area (Å²) < 4.78 is 20.1. The van der Waals surface area contributed by atoms with Crippen LogP contribution in [0.2, 0.25) is 0 Å². The van der Waals surface area contributed by atoms with Crippen LogP contribution in [0.15, 0.2) is 41.2 Å². The molecule has 3 aromatic rings. The Labute approximate surface area is 175 Å². The van der Waals surface area contributed by atoms with Crippen LogP contribution >= 0.6 is 0 Å². The maximum Gasteiger partial charge on any atom is 0.282 e. The Kier molecular flexibility index (Phi) is 5.34. The number of carbonyl (C=O) groups excluding carboxylic acids is 1. The molecule has 1 aliphatic heterocycles. The lowest BCUT2D eigenvalue weighted by Gasteiger charge is -2.32. The van der Waals surface area contributed by atoms with Gasteiger partial charge in [0.05, 0.1) is 15.9 Å². The van der Waals surface area contributed by atoms with Crippen LogP contribution in [0.3, 0.4) is 0 Å². The van der Waals surface area contributed by atoms with Crippen molar-refractivity contribution < 1.29 is 18.8 Å². The number of hydrogen-bond acceptors (Lipinski definition) is 7. The summed E-state index contributed by atoms with van der Waals surface area (Å²) in [7, 11) is 1.94. The Morgan fingerprint density at radius 2 is 1.97 bits per heavy atom. The van der Waals surface area contributed by atoms with E-state index in [-0.39, 0.29) is 33.7 Å². The topological polar surface area (TPSA) is 122 Å². The van der Waals surface area contributed by atoms with Crippen molar-refractivity contribution in [3.05, 3.63) is 68.2 Å². The molecule has 0 atom stereocenters. The van der Waals surface area contributed by atoms with E-state index in [4.69, 9.17) is 4.74 Å². The second kappa shape index (κ2) is 8.11. The minimum atomic E-state index is -0.707. The zero-order valence-corrected chi connectivity index (χ0v) is 16.5. The Hall–Kier alpha value is -3.86. The summed E-state index contributed by atoms with van der Waals surface area (Å²) in [5, 5.41) is 17.4. The van der Waals surface area contributed by atoms with Gasteiger partial charge in [0.25, 0.3) is 23.0 Å². The molecule has 11 heteroatoms. The van der Waals surface area contributed by atoms with Gasteiger partial charge in [-0.15, -0.1) is 5.10 Å². The molecule has 10 nitrogen and oxygen atoms in total. The normalized spacial score (nSPS) is 14.6. The predicted octanol–water partition coefficient (Wildman–Crippen LogP) is 2.15. The number of nitrogens with one attached hydrogen (secondary N) is 1. The van der Waals surface area contributed by atoms with E-state index in [1.807, 2.05) is 7.05 Å². The van der Waals surface area contributed by atoms with E-state index in [0.717, 1.165) is 6.07 Å². The average Bonchev–Trinajstić information content (AvgIpc) is 2.76. The molecule has 1 aliphatic rings. The summed E-state index contributed by atoms with van der Waals surface area (Å²) in [6, 6.07) is 7.60. The molecular formula is C20H18FN5O5. The first-order valence-electron chi connectivity index (χ1n) is 9.46. The fourth-order valence-corrected chi connectivity index (χ4v) is 3.42. The highest BCUT2D eigenvalue weighted by Crippen LogP contribution is 2.33. The first-order valence-corrected chi connectivity index (χ1v) is 9.46. The number of ether oxygens (including phenoxy) is 1. The molecule has 0 unspecified atom stereocenters. The quantitative estimate of drug-likeness (QED) is 0.500. The maximum absolute atomic E-state index is 14.4. The third-order valence-electron chi connectivity index (χ3n) is 5.13. The Morgan fingerprint density at radius 3 is 2.68 bits per heavy atom. The molecule has 31 heavy (non-hydrogen) atoms. The van der Waals surface area contributed by atoms with Crippen LogP contribution in [0.25, 0.3) is 10.8 Å². The number of carbonyl (C=O) groups is 1. The molecule has 0 saturated carbocycles. The van der Waals surface area contributed by atoms with E-state index >= 15 is 0 Å². The van der Waals surface area contributed by atoms with Crippen molar-refractivity contribution in [3.8, 4) is 11.6 Å². The molecule has 0 bridgehead atoms. The number of rotatable bonds is 4. The average molecular weight is 427 g/mol. The zero-order chi connectivity index (χ0) is 22.1. The van der Waals surface area contributed by atoms with Crippen LogP contribution in [0.5, 0.6) is 11.6 Å². The molecule has 2 heterocycles. The van der Waals surface area contributed by atoms with E-state index in [9.17, 15) is 24.1 Å². The van der Waals surface area contributed by atoms with E-state index in [2.05, 4.69) is 15.1 Å². The minimum absolute atomic E-state index is 0.0232. The third kappa shape index (κ3) is 3.94. The van der Waals surface area contributed by atoms with Gasteiger partial charge in [0.1, 0.15) is 17.0 Å². The molecule has 4 rings (SSSR count). The van der Waals surface area contributed by atoms with Crippen molar-refractivity contribution in [2.75, 3.05) is 33.2 Å². The van der Waals surface area contributed by atoms with Gasteiger partial charge >= 0.3 is 0 Å². The second-order valence-corrected chi connectivity index (χ2v) is 7.15. The molecule has 1 fully saturated rings. The first-order chi connectivity index (χ1) is 14.8. The lowest BCUT2D eigenvalue weighted by Crippen LogP contribution is -2.47. The highest BCUT2D eigenvalue weighted by Gasteiger charge is 2.24. The molecule has 0 spiro atoms. The SMILES string of the molecule is CN1CCN(C(=O)c2cc(Oc3n[nH]c(=O)c4cccc([N+](=O)[O-])c34)ccc2F)CC1. The van der Waals surface area contributed by atoms with E-state index < -0.39 is 22.2 Å². The number of nitrogens with zero attached hydrogens (tertiary/aromatic N) is 4. The number of piperazine rings is 1. The monoisotopic (exact) mass is 427 g/mol. The molecule has 2 aromatic carbocycles. The van der Waals surface area contributed by atoms with Crippen molar-refractivity contribution in [1.82, 2.24) is 20.0 Å². The summed E-state index contributed by atoms with van der Waals surface area (Å²) >= 11 is 0. The highest BCUT2D eigenvalue weighted by molar-refractivity contribution is 5.96. The van der Waals surface area contributed by atoms with Crippen LogP contribution < -0.4 is 10.3 Å². The van der Waals surface area contributed by atoms with E-state index in [0.29, 0.717) is 26.2 Å². The van der Waals surface area contributed by atoms with Crippen LogP contribution in [0.4, 0.5) is 10.1 Å². The molecule has 1 N–H and O–H groups in total. The number of hydrogen-bond donors (Lipinski definition) is 1. The molecule has 0 radical (unpaired) electrons. The van der Waals surface area contributed by atoms with Crippen LogP contribution in [-0.2, 0) is 0 Å². The number of halogens is 1. The van der Waals surface area contributed by atoms with Crippen LogP contribution in [0, 0.1) is 15.9 Å². The van der Waals surface area contributed by atoms with Gasteiger partial charge in [-0.2, -0.15) is 0 Å². The Bertz CT molecular complexity index is 1240. The van der Waals surface area contributed by atoms with Crippen molar-refractivity contribution in [1.29, 1.82) is 0 Å². The second-order valence-electron chi connectivity index (χ2n) is 7.15. The molecule has 1 amide bonds. The standard InChI is InChI=1S/C20H18FN5O5/c1-24-7-9-25(10-8-24)20(28)14-11-12(5-6-15(14)21)31-19-17-13(18(27)22-23-19)3-2-4-16(17)26(29)30/h2-6,11H,7-10H2,1H3,(H,22,27). The van der Waals surface area contributed by atoms with E-state index in [1.165, 1.54) is 30.3 Å². The van der Waals surface area contributed by atoms with Gasteiger partial charge in [-0.3, -0.25) is 19.7 Å². The van der Waals surface area contributed by atoms with Crippen molar-refractivity contribution in [2.24, 2.45) is 0 Å². The Morgan fingerprint density at radius 1 is 1.23 bits per heavy atom. The largest absolute Gasteiger partial charge is 0.437 e. The van der Waals surface area contributed by atoms with Gasteiger partial charge in [0.15, 0.2) is 0 Å². The number of fused-ring (bicyclic) bond motifs is 1. The number of H-pyrrole nitrogens is 1. The third-order valence-corrected chi connectivity index (χ3v) is 5.13. The van der Waals surface area contributed by atoms with Crippen molar-refractivity contribution >= 4 is 22.4 Å². The summed E-state index contributed by atoms with van der Waals surface area (Å²) in [6.45, 7) is 2.30.